The molecule has 90 valence electrons. The first-order chi connectivity index (χ1) is 8.25. The van der Waals surface area contributed by atoms with Gasteiger partial charge in [-0.25, -0.2) is 4.98 Å². The van der Waals surface area contributed by atoms with Crippen LogP contribution in [0.5, 0.6) is 0 Å². The number of ether oxygens (including phenoxy) is 1. The summed E-state index contributed by atoms with van der Waals surface area (Å²) in [6.45, 7) is 0.285. The van der Waals surface area contributed by atoms with Crippen molar-refractivity contribution in [3.05, 3.63) is 40.6 Å². The Labute approximate surface area is 103 Å². The van der Waals surface area contributed by atoms with E-state index >= 15 is 0 Å². The van der Waals surface area contributed by atoms with Crippen molar-refractivity contribution in [2.75, 3.05) is 0 Å². The molecule has 2 rings (SSSR count). The van der Waals surface area contributed by atoms with Gasteiger partial charge in [0.15, 0.2) is 0 Å². The summed E-state index contributed by atoms with van der Waals surface area (Å²) >= 11 is 1.55. The van der Waals surface area contributed by atoms with E-state index in [1.54, 1.807) is 23.9 Å². The number of carbonyl (C=O) groups is 1. The van der Waals surface area contributed by atoms with E-state index in [1.165, 1.54) is 0 Å². The molecule has 3 N–H and O–H groups in total. The summed E-state index contributed by atoms with van der Waals surface area (Å²) in [5.41, 5.74) is 6.55. The van der Waals surface area contributed by atoms with Crippen LogP contribution in [0.25, 0.3) is 0 Å². The second-order valence-corrected chi connectivity index (χ2v) is 4.61. The summed E-state index contributed by atoms with van der Waals surface area (Å²) in [5.74, 6) is -0.395. The zero-order chi connectivity index (χ0) is 12.1. The quantitative estimate of drug-likeness (QED) is 0.779. The minimum Gasteiger partial charge on any atom is -0.459 e. The number of nitrogens with zero attached hydrogens (tertiary/aromatic N) is 1. The second-order valence-electron chi connectivity index (χ2n) is 3.57. The van der Waals surface area contributed by atoms with Gasteiger partial charge in [0, 0.05) is 23.2 Å². The van der Waals surface area contributed by atoms with Crippen LogP contribution < -0.4 is 5.73 Å². The number of rotatable bonds is 5. The lowest BCUT2D eigenvalue weighted by Crippen LogP contribution is -2.34. The maximum atomic E-state index is 11.6. The molecule has 5 nitrogen and oxygen atoms in total. The molecule has 0 bridgehead atoms. The number of aromatic amines is 1. The molecule has 0 aliphatic carbocycles. The minimum absolute atomic E-state index is 0.285. The van der Waals surface area contributed by atoms with Gasteiger partial charge in [-0.15, -0.1) is 11.3 Å². The Kier molecular flexibility index (Phi) is 3.89. The van der Waals surface area contributed by atoms with Crippen molar-refractivity contribution in [2.24, 2.45) is 5.73 Å². The van der Waals surface area contributed by atoms with E-state index in [-0.39, 0.29) is 6.61 Å². The smallest absolute Gasteiger partial charge is 0.323 e. The number of nitrogens with two attached hydrogens (primary N) is 1. The van der Waals surface area contributed by atoms with Crippen molar-refractivity contribution in [3.8, 4) is 0 Å². The Balaban J connectivity index is 1.79. The minimum atomic E-state index is -0.657. The molecule has 2 aromatic heterocycles. The first-order valence-corrected chi connectivity index (χ1v) is 6.05. The van der Waals surface area contributed by atoms with Crippen molar-refractivity contribution in [1.29, 1.82) is 0 Å². The van der Waals surface area contributed by atoms with Crippen LogP contribution >= 0.6 is 11.3 Å². The monoisotopic (exact) mass is 251 g/mol. The van der Waals surface area contributed by atoms with Crippen LogP contribution in [0.3, 0.4) is 0 Å². The Morgan fingerprint density at radius 2 is 2.53 bits per heavy atom. The molecule has 0 aliphatic heterocycles. The van der Waals surface area contributed by atoms with Gasteiger partial charge in [0.2, 0.25) is 0 Å². The summed E-state index contributed by atoms with van der Waals surface area (Å²) < 4.78 is 5.11. The second kappa shape index (κ2) is 5.60. The van der Waals surface area contributed by atoms with Crippen LogP contribution in [-0.4, -0.2) is 22.0 Å². The molecule has 0 saturated carbocycles. The third-order valence-corrected chi connectivity index (χ3v) is 3.08. The van der Waals surface area contributed by atoms with Crippen LogP contribution in [-0.2, 0) is 22.6 Å². The fourth-order valence-corrected chi connectivity index (χ4v) is 1.98. The first-order valence-electron chi connectivity index (χ1n) is 5.17. The van der Waals surface area contributed by atoms with Gasteiger partial charge < -0.3 is 15.5 Å². The molecule has 0 saturated heterocycles. The number of thiophene rings is 1. The SMILES string of the molecule is N[C@@H](Cc1cnc[nH]1)C(=O)OCc1cccs1. The van der Waals surface area contributed by atoms with E-state index in [1.807, 2.05) is 17.5 Å². The molecule has 0 fully saturated rings. The van der Waals surface area contributed by atoms with E-state index in [9.17, 15) is 4.79 Å². The number of esters is 1. The Bertz CT molecular complexity index is 453. The van der Waals surface area contributed by atoms with Gasteiger partial charge in [-0.2, -0.15) is 0 Å². The standard InChI is InChI=1S/C11H13N3O2S/c12-10(4-8-5-13-7-14-8)11(15)16-6-9-2-1-3-17-9/h1-3,5,7,10H,4,6,12H2,(H,13,14)/t10-/m0/s1. The number of imidazole rings is 1. The van der Waals surface area contributed by atoms with E-state index < -0.39 is 12.0 Å². The first kappa shape index (κ1) is 11.8. The lowest BCUT2D eigenvalue weighted by molar-refractivity contribution is -0.146. The highest BCUT2D eigenvalue weighted by molar-refractivity contribution is 7.09. The van der Waals surface area contributed by atoms with Crippen molar-refractivity contribution in [1.82, 2.24) is 9.97 Å². The highest BCUT2D eigenvalue weighted by Gasteiger charge is 2.16. The van der Waals surface area contributed by atoms with E-state index in [2.05, 4.69) is 9.97 Å². The topological polar surface area (TPSA) is 81.0 Å². The van der Waals surface area contributed by atoms with Crippen molar-refractivity contribution < 1.29 is 9.53 Å². The molecular weight excluding hydrogens is 238 g/mol. The fourth-order valence-electron chi connectivity index (χ4n) is 1.36. The lowest BCUT2D eigenvalue weighted by Gasteiger charge is -2.09. The molecule has 0 aliphatic rings. The zero-order valence-corrected chi connectivity index (χ0v) is 9.94. The van der Waals surface area contributed by atoms with Crippen LogP contribution in [0.2, 0.25) is 0 Å². The van der Waals surface area contributed by atoms with Crippen LogP contribution in [0.15, 0.2) is 30.0 Å². The van der Waals surface area contributed by atoms with Gasteiger partial charge in [0.25, 0.3) is 0 Å². The number of nitrogens with one attached hydrogen (secondary N) is 1. The molecule has 17 heavy (non-hydrogen) atoms. The highest BCUT2D eigenvalue weighted by atomic mass is 32.1. The zero-order valence-electron chi connectivity index (χ0n) is 9.13. The van der Waals surface area contributed by atoms with Gasteiger partial charge in [-0.3, -0.25) is 4.79 Å². The predicted molar refractivity (Wildman–Crippen MR) is 64.4 cm³/mol. The molecule has 0 spiro atoms. The molecule has 0 aromatic carbocycles. The number of hydrogen-bond donors (Lipinski definition) is 2. The van der Waals surface area contributed by atoms with E-state index in [0.717, 1.165) is 10.6 Å². The molecular formula is C11H13N3O2S. The average molecular weight is 251 g/mol. The highest BCUT2D eigenvalue weighted by Crippen LogP contribution is 2.10. The van der Waals surface area contributed by atoms with E-state index in [4.69, 9.17) is 10.5 Å². The van der Waals surface area contributed by atoms with Gasteiger partial charge in [-0.05, 0) is 11.4 Å². The van der Waals surface area contributed by atoms with Crippen molar-refractivity contribution in [2.45, 2.75) is 19.1 Å². The molecule has 0 amide bonds. The number of hydrogen-bond acceptors (Lipinski definition) is 5. The maximum absolute atomic E-state index is 11.6. The third kappa shape index (κ3) is 3.40. The molecule has 0 unspecified atom stereocenters. The van der Waals surface area contributed by atoms with Crippen LogP contribution in [0.4, 0.5) is 0 Å². The van der Waals surface area contributed by atoms with Gasteiger partial charge in [0.1, 0.15) is 12.6 Å². The third-order valence-electron chi connectivity index (χ3n) is 2.23. The summed E-state index contributed by atoms with van der Waals surface area (Å²) in [6, 6.07) is 3.17. The lowest BCUT2D eigenvalue weighted by atomic mass is 10.2. The van der Waals surface area contributed by atoms with Crippen LogP contribution in [0.1, 0.15) is 10.6 Å². The summed E-state index contributed by atoms with van der Waals surface area (Å²) in [5, 5.41) is 1.94. The Morgan fingerprint density at radius 3 is 3.18 bits per heavy atom. The fraction of sp³-hybridized carbons (Fsp3) is 0.273. The van der Waals surface area contributed by atoms with Crippen LogP contribution in [0, 0.1) is 0 Å². The predicted octanol–water partition coefficient (Wildman–Crippen LogP) is 1.08. The summed E-state index contributed by atoms with van der Waals surface area (Å²) in [6.07, 6.45) is 3.61. The average Bonchev–Trinajstić information content (AvgIpc) is 2.98. The van der Waals surface area contributed by atoms with Crippen molar-refractivity contribution in [3.63, 3.8) is 0 Å². The molecule has 6 heteroatoms. The molecule has 1 atom stereocenters. The van der Waals surface area contributed by atoms with Crippen molar-refractivity contribution >= 4 is 17.3 Å². The molecule has 0 radical (unpaired) electrons. The maximum Gasteiger partial charge on any atom is 0.323 e. The Morgan fingerprint density at radius 1 is 1.65 bits per heavy atom. The normalized spacial score (nSPS) is 12.3. The number of H-pyrrole nitrogens is 1. The number of aromatic nitrogens is 2. The number of carbonyl (C=O) groups excluding carboxylic acids is 1. The molecule has 2 aromatic rings. The van der Waals surface area contributed by atoms with Gasteiger partial charge in [-0.1, -0.05) is 6.07 Å². The Hall–Kier alpha value is -1.66. The summed E-state index contributed by atoms with van der Waals surface area (Å²) in [7, 11) is 0. The van der Waals surface area contributed by atoms with E-state index in [0.29, 0.717) is 6.42 Å². The summed E-state index contributed by atoms with van der Waals surface area (Å²) in [4.78, 5) is 19.3. The largest absolute Gasteiger partial charge is 0.459 e. The van der Waals surface area contributed by atoms with Gasteiger partial charge >= 0.3 is 5.97 Å². The van der Waals surface area contributed by atoms with Gasteiger partial charge in [0.05, 0.1) is 6.33 Å². The molecule has 2 heterocycles.